The van der Waals surface area contributed by atoms with Gasteiger partial charge in [0.2, 0.25) is 23.8 Å². The van der Waals surface area contributed by atoms with Crippen molar-refractivity contribution in [2.75, 3.05) is 58.5 Å². The highest BCUT2D eigenvalue weighted by Gasteiger charge is 2.34. The molecule has 6 fully saturated rings. The monoisotopic (exact) mass is 1960 g/mol. The van der Waals surface area contributed by atoms with Crippen LogP contribution in [0.5, 0.6) is 0 Å². The summed E-state index contributed by atoms with van der Waals surface area (Å²) in [5.74, 6) is 4.87. The Hall–Kier alpha value is -11.9. The van der Waals surface area contributed by atoms with Crippen molar-refractivity contribution < 1.29 is 35.1 Å². The fourth-order valence-electron chi connectivity index (χ4n) is 19.0. The first kappa shape index (κ1) is 109. The quantitative estimate of drug-likeness (QED) is 0.0436. The van der Waals surface area contributed by atoms with Crippen molar-refractivity contribution in [1.29, 1.82) is 0 Å². The predicted octanol–water partition coefficient (Wildman–Crippen LogP) is 20.1. The molecule has 756 valence electrons. The van der Waals surface area contributed by atoms with Crippen molar-refractivity contribution in [3.63, 3.8) is 0 Å². The van der Waals surface area contributed by atoms with Gasteiger partial charge in [-0.05, 0) is 302 Å². The minimum absolute atomic E-state index is 0. The zero-order valence-corrected chi connectivity index (χ0v) is 81.8. The van der Waals surface area contributed by atoms with E-state index in [1.807, 2.05) is 115 Å². The SMILES string of the molecule is C.C.C.C.CC1CCC(Nc2nccc(-c3cn(C4CCS(=O)(=O)CC4)c(=O)n3-c3ccc(F)cc3)n2)CC1.COC(C)(C)Cn1cc(-c2ccnc(NC3CCC(C)CC3)n2)n(-c2ccc(F)cc2)c1=O.COC(C)(C)Cn1cc(-c2ccnc(NC3CCC(C)CC3)n2)n(-c2cccc(C)c2)c1=O.Cc1cccc(-n2c(-c3ccnc(NC4CCC(C)CC4)n3)cn(C3CCS(=O)(=O)CC3)c2=O)c1. The third-order valence-corrected chi connectivity index (χ3v) is 31.0. The first-order valence-electron chi connectivity index (χ1n) is 48.0. The molecule has 0 spiro atoms. The van der Waals surface area contributed by atoms with Gasteiger partial charge in [0.05, 0.1) is 116 Å². The summed E-state index contributed by atoms with van der Waals surface area (Å²) in [7, 11) is -2.80. The topological polar surface area (TPSA) is 346 Å². The number of halogens is 2. The summed E-state index contributed by atoms with van der Waals surface area (Å²) in [6, 6.07) is 35.6. The van der Waals surface area contributed by atoms with Gasteiger partial charge in [-0.2, -0.15) is 0 Å². The Morgan fingerprint density at radius 2 is 0.607 bits per heavy atom. The normalized spacial score (nSPS) is 20.3. The van der Waals surface area contributed by atoms with Crippen LogP contribution in [0, 0.1) is 49.2 Å². The van der Waals surface area contributed by atoms with Gasteiger partial charge in [0.25, 0.3) is 0 Å². The molecule has 0 atom stereocenters. The van der Waals surface area contributed by atoms with Crippen molar-refractivity contribution in [2.24, 2.45) is 23.7 Å². The molecule has 8 aromatic heterocycles. The lowest BCUT2D eigenvalue weighted by Gasteiger charge is -2.26. The summed E-state index contributed by atoms with van der Waals surface area (Å²) in [6.07, 6.45) is 34.1. The van der Waals surface area contributed by atoms with Crippen LogP contribution in [0.3, 0.4) is 0 Å². The number of aryl methyl sites for hydroxylation is 2. The Morgan fingerprint density at radius 3 is 0.879 bits per heavy atom. The zero-order chi connectivity index (χ0) is 96.3. The highest BCUT2D eigenvalue weighted by Crippen LogP contribution is 2.36. The number of hydrogen-bond donors (Lipinski definition) is 4. The third-order valence-electron chi connectivity index (χ3n) is 27.5. The van der Waals surface area contributed by atoms with Crippen LogP contribution in [0.4, 0.5) is 32.6 Å². The lowest BCUT2D eigenvalue weighted by molar-refractivity contribution is 0.00712. The number of imidazole rings is 4. The Labute approximate surface area is 824 Å². The van der Waals surface area contributed by atoms with Crippen LogP contribution < -0.4 is 44.0 Å². The van der Waals surface area contributed by atoms with Crippen molar-refractivity contribution >= 4 is 43.5 Å². The van der Waals surface area contributed by atoms with Gasteiger partial charge in [-0.3, -0.25) is 36.5 Å². The first-order chi connectivity index (χ1) is 65.1. The molecule has 12 aromatic rings. The van der Waals surface area contributed by atoms with E-state index >= 15 is 0 Å². The number of anilines is 4. The number of aromatic nitrogens is 16. The minimum atomic E-state index is -3.06. The van der Waals surface area contributed by atoms with Crippen molar-refractivity contribution in [3.05, 3.63) is 236 Å². The Balaban J connectivity index is 0.000000177. The molecular formula is C106H146F2N20O10S2. The Bertz CT molecular complexity index is 6580. The van der Waals surface area contributed by atoms with E-state index in [2.05, 4.69) is 68.9 Å². The summed E-state index contributed by atoms with van der Waals surface area (Å²) in [5, 5.41) is 13.9. The fourth-order valence-corrected chi connectivity index (χ4v) is 21.9. The van der Waals surface area contributed by atoms with E-state index in [0.717, 1.165) is 103 Å². The van der Waals surface area contributed by atoms with Gasteiger partial charge in [-0.1, -0.05) is 81.7 Å². The molecule has 0 radical (unpaired) electrons. The van der Waals surface area contributed by atoms with E-state index < -0.39 is 36.7 Å². The van der Waals surface area contributed by atoms with Gasteiger partial charge in [0.1, 0.15) is 31.3 Å². The van der Waals surface area contributed by atoms with Crippen LogP contribution in [-0.4, -0.2) is 166 Å². The van der Waals surface area contributed by atoms with Crippen LogP contribution >= 0.6 is 0 Å². The highest BCUT2D eigenvalue weighted by atomic mass is 32.2. The van der Waals surface area contributed by atoms with Crippen LogP contribution in [0.2, 0.25) is 0 Å². The largest absolute Gasteiger partial charge is 0.377 e. The van der Waals surface area contributed by atoms with Crippen molar-refractivity contribution in [3.8, 4) is 68.3 Å². The van der Waals surface area contributed by atoms with Gasteiger partial charge >= 0.3 is 22.8 Å². The number of benzene rings is 4. The molecule has 6 aliphatic rings. The molecule has 0 amide bonds. The summed E-state index contributed by atoms with van der Waals surface area (Å²) in [6.45, 7) is 21.8. The van der Waals surface area contributed by atoms with Gasteiger partial charge in [-0.15, -0.1) is 0 Å². The second kappa shape index (κ2) is 47.6. The smallest absolute Gasteiger partial charge is 0.333 e. The van der Waals surface area contributed by atoms with Gasteiger partial charge in [0, 0.05) is 100 Å². The predicted molar refractivity (Wildman–Crippen MR) is 557 cm³/mol. The number of rotatable bonds is 24. The van der Waals surface area contributed by atoms with Crippen LogP contribution in [0.25, 0.3) is 68.3 Å². The van der Waals surface area contributed by atoms with Crippen LogP contribution in [-0.2, 0) is 42.2 Å². The summed E-state index contributed by atoms with van der Waals surface area (Å²) >= 11 is 0. The number of ether oxygens (including phenoxy) is 2. The van der Waals surface area contributed by atoms with E-state index in [0.29, 0.717) is 138 Å². The van der Waals surface area contributed by atoms with Gasteiger partial charge in [-0.25, -0.2) is 84.7 Å². The molecule has 4 aromatic carbocycles. The second-order valence-corrected chi connectivity index (χ2v) is 44.0. The Morgan fingerprint density at radius 1 is 0.350 bits per heavy atom. The molecule has 0 unspecified atom stereocenters. The average molecular weight is 1960 g/mol. The number of nitrogens with one attached hydrogen (secondary N) is 4. The summed E-state index contributed by atoms with van der Waals surface area (Å²) in [5.41, 5.74) is 8.10. The van der Waals surface area contributed by atoms with Gasteiger partial charge in [0.15, 0.2) is 0 Å². The molecule has 2 saturated heterocycles. The maximum absolute atomic E-state index is 13.7. The zero-order valence-electron chi connectivity index (χ0n) is 80.1. The van der Waals surface area contributed by atoms with Crippen LogP contribution in [0.1, 0.15) is 237 Å². The average Bonchev–Trinajstić information content (AvgIpc) is 2.41. The lowest BCUT2D eigenvalue weighted by Crippen LogP contribution is -2.34. The second-order valence-electron chi connectivity index (χ2n) is 39.4. The molecule has 4 aliphatic carbocycles. The lowest BCUT2D eigenvalue weighted by atomic mass is 9.87. The van der Waals surface area contributed by atoms with E-state index in [-0.39, 0.29) is 93.4 Å². The van der Waals surface area contributed by atoms with Crippen LogP contribution in [0.15, 0.2) is 190 Å². The molecular weight excluding hydrogens is 1820 g/mol. The minimum Gasteiger partial charge on any atom is -0.377 e. The van der Waals surface area contributed by atoms with Crippen molar-refractivity contribution in [1.82, 2.24) is 76.4 Å². The number of sulfone groups is 2. The molecule has 0 bridgehead atoms. The highest BCUT2D eigenvalue weighted by molar-refractivity contribution is 7.91. The van der Waals surface area contributed by atoms with Gasteiger partial charge < -0.3 is 30.7 Å². The molecule has 30 nitrogen and oxygen atoms in total. The van der Waals surface area contributed by atoms with E-state index in [4.69, 9.17) is 29.4 Å². The molecule has 4 N–H and O–H groups in total. The first-order valence-corrected chi connectivity index (χ1v) is 51.6. The molecule has 140 heavy (non-hydrogen) atoms. The maximum atomic E-state index is 13.7. The molecule has 10 heterocycles. The fraction of sp³-hybridized carbons (Fsp3) is 0.509. The molecule has 2 aliphatic heterocycles. The molecule has 18 rings (SSSR count). The standard InChI is InChI=1S/C26H33N5O3S.C26H35N5O2.C25H30FN5O3S.C25H32FN5O2.4CH4/c1-18-6-8-20(9-7-18)28-25-27-13-10-23(29-25)24-17-30(21-11-14-35(33,34)15-12-21)26(32)31(24)22-5-3-4-19(2)16-22;1-18-9-11-20(12-10-18)28-24-27-14-13-22(29-24)23-16-30(17-26(3,4)33-5)25(32)31(23)21-8-6-7-19(2)15-21;1-17-2-6-19(7-3-17)28-24-27-13-10-22(29-24)23-16-30(20-11-14-35(33,34)15-12-20)25(32)31(23)21-8-4-18(26)5-9-21;1-17-5-9-19(10-6-17)28-23-27-14-13-21(29-23)22-15-30(16-25(2,3)33-4)24(32)31(22)20-11-7-18(26)8-12-20;;;;/h3-5,10,13,16-18,20-21H,6-9,11-12,14-15H2,1-2H3,(H,27,28,29);6-8,13-16,18,20H,9-12,17H2,1-5H3,(H,27,28,29);4-5,8-10,13,16-17,19-20H,2-3,6-7,11-12,14-15H2,1H3,(H,27,28,29);7-8,11-15,17,19H,5-6,9-10,16H2,1-4H3,(H,27,28,29);4*1H4. The Kier molecular flexibility index (Phi) is 36.9. The molecule has 34 heteroatoms. The number of methoxy groups -OCH3 is 2. The summed E-state index contributed by atoms with van der Waals surface area (Å²) < 4.78 is 99.2. The van der Waals surface area contributed by atoms with Crippen molar-refractivity contribution in [2.45, 2.75) is 288 Å². The number of nitrogens with zero attached hydrogens (tertiary/aromatic N) is 16. The van der Waals surface area contributed by atoms with E-state index in [1.165, 1.54) is 80.2 Å². The molecule has 4 saturated carbocycles. The summed E-state index contributed by atoms with van der Waals surface area (Å²) in [4.78, 5) is 90.9. The van der Waals surface area contributed by atoms with E-state index in [9.17, 15) is 44.8 Å². The number of hydrogen-bond acceptors (Lipinski definition) is 22. The van der Waals surface area contributed by atoms with E-state index in [1.54, 1.807) is 120 Å². The maximum Gasteiger partial charge on any atom is 0.333 e. The third kappa shape index (κ3) is 27.5.